The largest absolute Gasteiger partial charge is 0.480 e. The van der Waals surface area contributed by atoms with Crippen molar-refractivity contribution in [2.75, 3.05) is 0 Å². The minimum absolute atomic E-state index is 0.262. The third kappa shape index (κ3) is 3.01. The van der Waals surface area contributed by atoms with Crippen LogP contribution in [0, 0.1) is 12.7 Å². The smallest absolute Gasteiger partial charge is 0.424 e. The molecular formula is C9H10BFO2. The lowest BCUT2D eigenvalue weighted by atomic mass is 9.90. The summed E-state index contributed by atoms with van der Waals surface area (Å²) in [4.78, 5) is 0. The molecule has 4 heteroatoms. The zero-order chi connectivity index (χ0) is 9.84. The molecule has 0 atom stereocenters. The SMILES string of the molecule is Cc1cc(/C=C/B(O)O)ccc1F. The lowest BCUT2D eigenvalue weighted by molar-refractivity contribution is 0.424. The molecule has 0 aliphatic carbocycles. The van der Waals surface area contributed by atoms with Gasteiger partial charge in [-0.2, -0.15) is 0 Å². The first-order chi connectivity index (χ1) is 6.09. The molecule has 0 fully saturated rings. The Morgan fingerprint density at radius 2 is 2.08 bits per heavy atom. The number of aryl methyl sites for hydroxylation is 1. The Hall–Kier alpha value is -1.13. The molecule has 0 aliphatic rings. The zero-order valence-corrected chi connectivity index (χ0v) is 7.24. The highest BCUT2D eigenvalue weighted by Crippen LogP contribution is 2.10. The number of hydrogen-bond donors (Lipinski definition) is 2. The number of benzene rings is 1. The highest BCUT2D eigenvalue weighted by molar-refractivity contribution is 6.48. The summed E-state index contributed by atoms with van der Waals surface area (Å²) in [6.45, 7) is 1.65. The molecule has 13 heavy (non-hydrogen) atoms. The zero-order valence-electron chi connectivity index (χ0n) is 7.24. The number of rotatable bonds is 2. The standard InChI is InChI=1S/C9H10BFO2/c1-7-6-8(2-3-9(7)11)4-5-10(12)13/h2-6,12-13H,1H3/b5-4+. The summed E-state index contributed by atoms with van der Waals surface area (Å²) >= 11 is 0. The van der Waals surface area contributed by atoms with Crippen molar-refractivity contribution in [1.82, 2.24) is 0 Å². The molecule has 0 aliphatic heterocycles. The summed E-state index contributed by atoms with van der Waals surface area (Å²) in [5.41, 5.74) is 1.28. The van der Waals surface area contributed by atoms with E-state index in [4.69, 9.17) is 10.0 Å². The molecule has 1 aromatic rings. The minimum Gasteiger partial charge on any atom is -0.424 e. The third-order valence-electron chi connectivity index (χ3n) is 1.64. The molecule has 0 amide bonds. The van der Waals surface area contributed by atoms with Gasteiger partial charge in [0.1, 0.15) is 5.82 Å². The molecule has 0 saturated carbocycles. The summed E-state index contributed by atoms with van der Waals surface area (Å²) in [6, 6.07) is 4.55. The first kappa shape index (κ1) is 9.96. The molecule has 1 aromatic carbocycles. The average molecular weight is 180 g/mol. The fraction of sp³-hybridized carbons (Fsp3) is 0.111. The van der Waals surface area contributed by atoms with Crippen molar-refractivity contribution in [3.8, 4) is 0 Å². The molecular weight excluding hydrogens is 170 g/mol. The maximum absolute atomic E-state index is 12.8. The van der Waals surface area contributed by atoms with Crippen LogP contribution in [0.25, 0.3) is 6.08 Å². The van der Waals surface area contributed by atoms with Crippen molar-refractivity contribution in [3.05, 3.63) is 41.1 Å². The van der Waals surface area contributed by atoms with E-state index in [9.17, 15) is 4.39 Å². The van der Waals surface area contributed by atoms with Crippen LogP contribution < -0.4 is 0 Å². The van der Waals surface area contributed by atoms with E-state index in [1.807, 2.05) is 0 Å². The molecule has 2 nitrogen and oxygen atoms in total. The van der Waals surface area contributed by atoms with Crippen LogP contribution in [0.5, 0.6) is 0 Å². The van der Waals surface area contributed by atoms with Gasteiger partial charge in [-0.1, -0.05) is 18.1 Å². The first-order valence-electron chi connectivity index (χ1n) is 3.90. The Labute approximate surface area is 76.5 Å². The summed E-state index contributed by atoms with van der Waals surface area (Å²) in [6.07, 6.45) is 1.52. The predicted octanol–water partition coefficient (Wildman–Crippen LogP) is 1.16. The minimum atomic E-state index is -1.47. The van der Waals surface area contributed by atoms with Crippen LogP contribution in [-0.4, -0.2) is 17.2 Å². The molecule has 0 unspecified atom stereocenters. The molecule has 1 rings (SSSR count). The maximum atomic E-state index is 12.8. The topological polar surface area (TPSA) is 40.5 Å². The van der Waals surface area contributed by atoms with E-state index in [1.165, 1.54) is 18.1 Å². The lowest BCUT2D eigenvalue weighted by Crippen LogP contribution is -2.05. The number of hydrogen-bond acceptors (Lipinski definition) is 2. The second-order valence-electron chi connectivity index (χ2n) is 2.78. The van der Waals surface area contributed by atoms with Gasteiger partial charge < -0.3 is 10.0 Å². The Morgan fingerprint density at radius 3 is 2.62 bits per heavy atom. The van der Waals surface area contributed by atoms with E-state index in [2.05, 4.69) is 0 Å². The van der Waals surface area contributed by atoms with E-state index in [0.717, 1.165) is 5.56 Å². The van der Waals surface area contributed by atoms with Gasteiger partial charge in [-0.05, 0) is 30.2 Å². The molecule has 0 spiro atoms. The molecule has 2 N–H and O–H groups in total. The first-order valence-corrected chi connectivity index (χ1v) is 3.90. The Kier molecular flexibility index (Phi) is 3.22. The normalized spacial score (nSPS) is 10.8. The van der Waals surface area contributed by atoms with E-state index < -0.39 is 7.12 Å². The van der Waals surface area contributed by atoms with E-state index >= 15 is 0 Å². The monoisotopic (exact) mass is 180 g/mol. The van der Waals surface area contributed by atoms with E-state index in [-0.39, 0.29) is 5.82 Å². The Balaban J connectivity index is 2.85. The van der Waals surface area contributed by atoms with Gasteiger partial charge in [-0.25, -0.2) is 4.39 Å². The summed E-state index contributed by atoms with van der Waals surface area (Å²) in [5.74, 6) is 0.953. The Bertz CT molecular complexity index is 323. The van der Waals surface area contributed by atoms with Gasteiger partial charge in [0.15, 0.2) is 0 Å². The van der Waals surface area contributed by atoms with Gasteiger partial charge in [-0.3, -0.25) is 0 Å². The van der Waals surface area contributed by atoms with Crippen molar-refractivity contribution in [3.63, 3.8) is 0 Å². The van der Waals surface area contributed by atoms with Crippen LogP contribution in [0.1, 0.15) is 11.1 Å². The van der Waals surface area contributed by atoms with Gasteiger partial charge in [0.05, 0.1) is 0 Å². The number of halogens is 1. The van der Waals surface area contributed by atoms with Crippen LogP contribution in [0.2, 0.25) is 0 Å². The summed E-state index contributed by atoms with van der Waals surface area (Å²) in [7, 11) is -1.47. The van der Waals surface area contributed by atoms with Gasteiger partial charge in [0.25, 0.3) is 0 Å². The van der Waals surface area contributed by atoms with E-state index in [0.29, 0.717) is 5.56 Å². The van der Waals surface area contributed by atoms with Crippen molar-refractivity contribution in [2.24, 2.45) is 0 Å². The fourth-order valence-corrected chi connectivity index (χ4v) is 0.969. The Morgan fingerprint density at radius 1 is 1.38 bits per heavy atom. The highest BCUT2D eigenvalue weighted by atomic mass is 19.1. The molecule has 0 radical (unpaired) electrons. The van der Waals surface area contributed by atoms with Crippen molar-refractivity contribution < 1.29 is 14.4 Å². The fourth-order valence-electron chi connectivity index (χ4n) is 0.969. The lowest BCUT2D eigenvalue weighted by Gasteiger charge is -1.97. The molecule has 0 bridgehead atoms. The van der Waals surface area contributed by atoms with Gasteiger partial charge in [-0.15, -0.1) is 0 Å². The van der Waals surface area contributed by atoms with Crippen molar-refractivity contribution in [2.45, 2.75) is 6.92 Å². The van der Waals surface area contributed by atoms with Crippen LogP contribution in [0.3, 0.4) is 0 Å². The molecule has 0 aromatic heterocycles. The average Bonchev–Trinajstić information content (AvgIpc) is 2.07. The second kappa shape index (κ2) is 4.21. The molecule has 68 valence electrons. The van der Waals surface area contributed by atoms with E-state index in [1.54, 1.807) is 19.1 Å². The molecule has 0 saturated heterocycles. The molecule has 0 heterocycles. The van der Waals surface area contributed by atoms with Gasteiger partial charge >= 0.3 is 7.12 Å². The van der Waals surface area contributed by atoms with Gasteiger partial charge in [0, 0.05) is 0 Å². The maximum Gasteiger partial charge on any atom is 0.480 e. The summed E-state index contributed by atoms with van der Waals surface area (Å²) in [5, 5.41) is 17.1. The van der Waals surface area contributed by atoms with Crippen LogP contribution in [-0.2, 0) is 0 Å². The highest BCUT2D eigenvalue weighted by Gasteiger charge is 1.99. The van der Waals surface area contributed by atoms with Crippen LogP contribution in [0.4, 0.5) is 4.39 Å². The van der Waals surface area contributed by atoms with Gasteiger partial charge in [0.2, 0.25) is 0 Å². The van der Waals surface area contributed by atoms with Crippen molar-refractivity contribution in [1.29, 1.82) is 0 Å². The second-order valence-corrected chi connectivity index (χ2v) is 2.78. The quantitative estimate of drug-likeness (QED) is 0.670. The van der Waals surface area contributed by atoms with Crippen molar-refractivity contribution >= 4 is 13.2 Å². The third-order valence-corrected chi connectivity index (χ3v) is 1.64. The van der Waals surface area contributed by atoms with Crippen LogP contribution in [0.15, 0.2) is 24.2 Å². The predicted molar refractivity (Wildman–Crippen MR) is 50.4 cm³/mol. The van der Waals surface area contributed by atoms with Crippen LogP contribution >= 0.6 is 0 Å². The summed E-state index contributed by atoms with van der Waals surface area (Å²) < 4.78 is 12.8.